The molecule has 3 amide bonds. The molecule has 0 radical (unpaired) electrons. The standard InChI is InChI=1S/C27H37ClN2O5.C19H19NO4.2CH4O/c1-17(14-19-10-11-21(28)23(15-19)33-5)8-6-7-9-20-16-22(34-26(32)30-20)18(2)25-27(3,35-25)13-12-24(31)29-4;1-12(18(21)22)20(2)19(23)24-11-17-15-9-5-3-7-13(15)14-8-4-6-10-16(14)17;2*1-2/h6-8,10-11,15,18,20,22,25H,9,12-14,16H2,1-5H3,(H,29,31)(H,30,32);3-10,12,17H,11H2,1-2H3,(H,21,22);2*2H,1H3/b7-6+,17-8+;;;/t18-,20?,22?,25?,27?;;;/m1.../s1. The number of nitrogens with zero attached hydrogens (tertiary/aromatic N) is 1. The van der Waals surface area contributed by atoms with E-state index >= 15 is 0 Å². The number of carboxylic acids is 1. The van der Waals surface area contributed by atoms with Gasteiger partial charge in [0, 0.05) is 59.0 Å². The van der Waals surface area contributed by atoms with Crippen LogP contribution in [0.4, 0.5) is 9.59 Å². The third-order valence-electron chi connectivity index (χ3n) is 11.4. The minimum atomic E-state index is -1.06. The normalized spacial score (nSPS) is 20.5. The molecule has 0 aromatic heterocycles. The van der Waals surface area contributed by atoms with E-state index in [9.17, 15) is 19.2 Å². The van der Waals surface area contributed by atoms with Crippen molar-refractivity contribution >= 4 is 35.7 Å². The molecule has 0 spiro atoms. The number of aliphatic hydroxyl groups excluding tert-OH is 2. The average molecular weight is 895 g/mol. The lowest BCUT2D eigenvalue weighted by atomic mass is 9.86. The molecular formula is C48H64ClN3O11. The molecule has 2 saturated heterocycles. The molecule has 3 aromatic carbocycles. The number of amides is 3. The van der Waals surface area contributed by atoms with Crippen LogP contribution in [0.25, 0.3) is 11.1 Å². The summed E-state index contributed by atoms with van der Waals surface area (Å²) < 4.78 is 22.2. The summed E-state index contributed by atoms with van der Waals surface area (Å²) >= 11 is 6.10. The Morgan fingerprint density at radius 2 is 1.65 bits per heavy atom. The second-order valence-corrected chi connectivity index (χ2v) is 16.1. The van der Waals surface area contributed by atoms with Gasteiger partial charge in [-0.05, 0) is 80.0 Å². The zero-order valence-corrected chi connectivity index (χ0v) is 38.5. The van der Waals surface area contributed by atoms with E-state index in [0.717, 1.165) is 66.2 Å². The molecule has 2 aliphatic heterocycles. The molecule has 3 aromatic rings. The van der Waals surface area contributed by atoms with Crippen molar-refractivity contribution in [1.82, 2.24) is 15.5 Å². The monoisotopic (exact) mass is 893 g/mol. The summed E-state index contributed by atoms with van der Waals surface area (Å²) in [7, 11) is 6.67. The molecule has 1 aliphatic carbocycles. The van der Waals surface area contributed by atoms with Gasteiger partial charge in [0.2, 0.25) is 5.91 Å². The van der Waals surface area contributed by atoms with E-state index in [0.29, 0.717) is 23.6 Å². The second-order valence-electron chi connectivity index (χ2n) is 15.7. The molecule has 15 heteroatoms. The molecule has 14 nitrogen and oxygen atoms in total. The maximum absolute atomic E-state index is 12.2. The summed E-state index contributed by atoms with van der Waals surface area (Å²) in [5.41, 5.74) is 6.56. The summed E-state index contributed by atoms with van der Waals surface area (Å²) in [6.07, 6.45) is 8.25. The number of epoxide rings is 1. The topological polar surface area (TPSA) is 196 Å². The number of methoxy groups -OCH3 is 1. The number of nitrogens with one attached hydrogen (secondary N) is 2. The Morgan fingerprint density at radius 1 is 1.03 bits per heavy atom. The molecule has 5 N–H and O–H groups in total. The number of benzene rings is 3. The predicted molar refractivity (Wildman–Crippen MR) is 243 cm³/mol. The van der Waals surface area contributed by atoms with Crippen LogP contribution >= 0.6 is 11.6 Å². The molecule has 0 bridgehead atoms. The molecule has 344 valence electrons. The number of carbonyl (C=O) groups excluding carboxylic acids is 3. The highest BCUT2D eigenvalue weighted by molar-refractivity contribution is 6.32. The van der Waals surface area contributed by atoms with Crippen molar-refractivity contribution < 1.29 is 53.4 Å². The minimum Gasteiger partial charge on any atom is -0.495 e. The summed E-state index contributed by atoms with van der Waals surface area (Å²) in [5.74, 6) is -0.359. The van der Waals surface area contributed by atoms with Gasteiger partial charge in [0.05, 0.1) is 23.8 Å². The van der Waals surface area contributed by atoms with Gasteiger partial charge in [-0.25, -0.2) is 14.4 Å². The largest absolute Gasteiger partial charge is 0.495 e. The third-order valence-corrected chi connectivity index (χ3v) is 11.7. The van der Waals surface area contributed by atoms with Crippen molar-refractivity contribution in [2.24, 2.45) is 5.92 Å². The van der Waals surface area contributed by atoms with Crippen molar-refractivity contribution in [3.63, 3.8) is 0 Å². The van der Waals surface area contributed by atoms with Crippen molar-refractivity contribution in [1.29, 1.82) is 0 Å². The van der Waals surface area contributed by atoms with Crippen LogP contribution in [0.15, 0.2) is 90.5 Å². The van der Waals surface area contributed by atoms with Gasteiger partial charge < -0.3 is 44.9 Å². The fraction of sp³-hybridized carbons (Fsp3) is 0.458. The van der Waals surface area contributed by atoms with E-state index in [1.54, 1.807) is 14.2 Å². The smallest absolute Gasteiger partial charge is 0.410 e. The number of cyclic esters (lactones) is 1. The van der Waals surface area contributed by atoms with E-state index in [4.69, 9.17) is 45.9 Å². The molecule has 3 aliphatic rings. The van der Waals surface area contributed by atoms with Crippen molar-refractivity contribution in [2.75, 3.05) is 42.0 Å². The highest BCUT2D eigenvalue weighted by atomic mass is 35.5. The number of likely N-dealkylation sites (N-methyl/N-ethyl adjacent to an activating group) is 1. The highest BCUT2D eigenvalue weighted by Gasteiger charge is 2.57. The van der Waals surface area contributed by atoms with Gasteiger partial charge in [-0.3, -0.25) is 9.69 Å². The van der Waals surface area contributed by atoms with Gasteiger partial charge in [0.1, 0.15) is 24.5 Å². The Labute approximate surface area is 376 Å². The minimum absolute atomic E-state index is 0.00468. The SMILES string of the molecule is CC(C(=O)O)N(C)C(=O)OCC1c2ccccc2-c2ccccc21.CNC(=O)CCC1(C)OC1[C@H](C)C1CC(C/C=C/C=C(\C)Cc2ccc(Cl)c(OC)c2)NC(=O)O1.CO.CO. The van der Waals surface area contributed by atoms with E-state index in [2.05, 4.69) is 48.8 Å². The van der Waals surface area contributed by atoms with Crippen LogP contribution < -0.4 is 15.4 Å². The Morgan fingerprint density at radius 3 is 2.24 bits per heavy atom. The molecule has 5 unspecified atom stereocenters. The Kier molecular flexibility index (Phi) is 20.6. The van der Waals surface area contributed by atoms with Crippen molar-refractivity contribution in [2.45, 2.75) is 95.6 Å². The number of fused-ring (bicyclic) bond motifs is 3. The van der Waals surface area contributed by atoms with Gasteiger partial charge in [0.15, 0.2) is 0 Å². The number of rotatable bonds is 15. The number of carbonyl (C=O) groups is 4. The van der Waals surface area contributed by atoms with Gasteiger partial charge >= 0.3 is 18.2 Å². The Hall–Kier alpha value is -5.41. The first-order chi connectivity index (χ1) is 30.1. The van der Waals surface area contributed by atoms with E-state index in [1.807, 2.05) is 67.6 Å². The first-order valence-corrected chi connectivity index (χ1v) is 21.2. The first-order valence-electron chi connectivity index (χ1n) is 20.9. The molecule has 2 heterocycles. The van der Waals surface area contributed by atoms with Gasteiger partial charge in [-0.1, -0.05) is 96.9 Å². The highest BCUT2D eigenvalue weighted by Crippen LogP contribution is 2.47. The zero-order chi connectivity index (χ0) is 46.9. The lowest BCUT2D eigenvalue weighted by Gasteiger charge is -2.33. The number of halogens is 1. The van der Waals surface area contributed by atoms with Gasteiger partial charge in [-0.15, -0.1) is 0 Å². The van der Waals surface area contributed by atoms with Crippen LogP contribution in [0.1, 0.15) is 76.0 Å². The number of ether oxygens (including phenoxy) is 4. The maximum atomic E-state index is 12.2. The van der Waals surface area contributed by atoms with Crippen LogP contribution in [-0.4, -0.2) is 116 Å². The zero-order valence-electron chi connectivity index (χ0n) is 37.7. The second kappa shape index (κ2) is 25.0. The van der Waals surface area contributed by atoms with E-state index < -0.39 is 18.1 Å². The summed E-state index contributed by atoms with van der Waals surface area (Å²) in [6, 6.07) is 21.0. The molecular weight excluding hydrogens is 830 g/mol. The molecule has 63 heavy (non-hydrogen) atoms. The lowest BCUT2D eigenvalue weighted by molar-refractivity contribution is -0.141. The van der Waals surface area contributed by atoms with Crippen LogP contribution in [0.5, 0.6) is 5.75 Å². The summed E-state index contributed by atoms with van der Waals surface area (Å²) in [4.78, 5) is 48.0. The van der Waals surface area contributed by atoms with E-state index in [1.165, 1.54) is 19.5 Å². The van der Waals surface area contributed by atoms with Crippen LogP contribution in [0, 0.1) is 5.92 Å². The number of hydrogen-bond donors (Lipinski definition) is 5. The van der Waals surface area contributed by atoms with Crippen LogP contribution in [0.2, 0.25) is 5.02 Å². The number of hydrogen-bond acceptors (Lipinski definition) is 10. The summed E-state index contributed by atoms with van der Waals surface area (Å²) in [5, 5.41) is 29.2. The van der Waals surface area contributed by atoms with E-state index in [-0.39, 0.29) is 54.3 Å². The quantitative estimate of drug-likeness (QED) is 0.0748. The average Bonchev–Trinajstić information content (AvgIpc) is 3.88. The molecule has 2 fully saturated rings. The third kappa shape index (κ3) is 14.3. The fourth-order valence-corrected chi connectivity index (χ4v) is 7.89. The number of allylic oxidation sites excluding steroid dienone is 3. The maximum Gasteiger partial charge on any atom is 0.410 e. The number of aliphatic carboxylic acids is 1. The number of aliphatic hydroxyl groups is 2. The first kappa shape index (κ1) is 51.9. The molecule has 6 atom stereocenters. The van der Waals surface area contributed by atoms with Crippen LogP contribution in [-0.2, 0) is 30.2 Å². The molecule has 6 rings (SSSR count). The predicted octanol–water partition coefficient (Wildman–Crippen LogP) is 7.53. The molecule has 0 saturated carbocycles. The van der Waals surface area contributed by atoms with Crippen LogP contribution in [0.3, 0.4) is 0 Å². The number of carboxylic acid groups (broad SMARTS) is 1. The van der Waals surface area contributed by atoms with Gasteiger partial charge in [-0.2, -0.15) is 0 Å². The number of alkyl carbamates (subject to hydrolysis) is 1. The van der Waals surface area contributed by atoms with Crippen molar-refractivity contribution in [3.05, 3.63) is 112 Å². The summed E-state index contributed by atoms with van der Waals surface area (Å²) in [6.45, 7) is 7.79. The Bertz CT molecular complexity index is 2010. The Balaban J connectivity index is 0.000000328. The lowest BCUT2D eigenvalue weighted by Crippen LogP contribution is -2.48. The fourth-order valence-electron chi connectivity index (χ4n) is 7.69. The van der Waals surface area contributed by atoms with Crippen molar-refractivity contribution in [3.8, 4) is 16.9 Å². The van der Waals surface area contributed by atoms with Gasteiger partial charge in [0.25, 0.3) is 0 Å².